The van der Waals surface area contributed by atoms with Crippen molar-refractivity contribution in [3.05, 3.63) is 48.3 Å². The smallest absolute Gasteiger partial charge is 0.142 e. The van der Waals surface area contributed by atoms with Gasteiger partial charge in [0.1, 0.15) is 17.4 Å². The number of benzene rings is 2. The highest BCUT2D eigenvalue weighted by Gasteiger charge is 2.33. The number of aliphatic hydroxyl groups excluding tert-OH is 1. The lowest BCUT2D eigenvalue weighted by Gasteiger charge is -2.33. The third-order valence-electron chi connectivity index (χ3n) is 7.28. The van der Waals surface area contributed by atoms with E-state index < -0.39 is 0 Å². The van der Waals surface area contributed by atoms with Crippen LogP contribution >= 0.6 is 0 Å². The number of methoxy groups -OCH3 is 1. The minimum atomic E-state index is 0.121. The second-order valence-corrected chi connectivity index (χ2v) is 9.58. The van der Waals surface area contributed by atoms with Crippen LogP contribution in [-0.4, -0.2) is 61.5 Å². The maximum Gasteiger partial charge on any atom is 0.142 e. The van der Waals surface area contributed by atoms with Gasteiger partial charge in [-0.25, -0.2) is 9.97 Å². The summed E-state index contributed by atoms with van der Waals surface area (Å²) < 4.78 is 5.64. The van der Waals surface area contributed by atoms with Crippen molar-refractivity contribution >= 4 is 28.1 Å². The molecule has 3 aromatic rings. The molecular formula is C27H35N5O2. The second kappa shape index (κ2) is 9.66. The molecular weight excluding hydrogens is 426 g/mol. The topological polar surface area (TPSA) is 73.8 Å². The average molecular weight is 462 g/mol. The van der Waals surface area contributed by atoms with Gasteiger partial charge in [-0.2, -0.15) is 0 Å². The van der Waals surface area contributed by atoms with Gasteiger partial charge in [0.15, 0.2) is 0 Å². The molecule has 2 fully saturated rings. The molecule has 2 saturated carbocycles. The van der Waals surface area contributed by atoms with Crippen LogP contribution in [0.4, 0.5) is 17.2 Å². The van der Waals surface area contributed by atoms with Gasteiger partial charge >= 0.3 is 0 Å². The largest absolute Gasteiger partial charge is 0.495 e. The van der Waals surface area contributed by atoms with Gasteiger partial charge in [-0.3, -0.25) is 0 Å². The Kier molecular flexibility index (Phi) is 6.46. The van der Waals surface area contributed by atoms with Gasteiger partial charge < -0.3 is 25.0 Å². The zero-order valence-electron chi connectivity index (χ0n) is 20.4. The van der Waals surface area contributed by atoms with Crippen LogP contribution in [0.2, 0.25) is 0 Å². The summed E-state index contributed by atoms with van der Waals surface area (Å²) in [4.78, 5) is 14.4. The fraction of sp³-hybridized carbons (Fsp3) is 0.481. The SMILES string of the molecule is COc1ccccc1N(C)C1CCCC1Nc1nc(C2CC2)nc2ccc(N(C)CCO)cc12. The standard InChI is InChI=1S/C27H35N5O2/c1-31(15-16-33)19-13-14-21-20(17-19)27(30-26(28-21)18-11-12-18)29-22-7-6-9-23(22)32(2)24-8-4-5-10-25(24)34-3/h4-5,8,10,13-14,17-18,22-23,33H,6-7,9,11-12,15-16H2,1-3H3,(H,28,29,30). The quantitative estimate of drug-likeness (QED) is 0.489. The molecule has 7 heteroatoms. The van der Waals surface area contributed by atoms with Crippen LogP contribution < -0.4 is 19.9 Å². The average Bonchev–Trinajstić information content (AvgIpc) is 3.62. The van der Waals surface area contributed by atoms with Crippen molar-refractivity contribution in [2.45, 2.75) is 50.1 Å². The Balaban J connectivity index is 1.48. The van der Waals surface area contributed by atoms with E-state index in [0.29, 0.717) is 18.5 Å². The first kappa shape index (κ1) is 22.7. The molecule has 0 aliphatic heterocycles. The maximum absolute atomic E-state index is 9.38. The predicted molar refractivity (Wildman–Crippen MR) is 138 cm³/mol. The van der Waals surface area contributed by atoms with Gasteiger partial charge in [0.05, 0.1) is 24.9 Å². The molecule has 0 radical (unpaired) electrons. The molecule has 2 N–H and O–H groups in total. The summed E-state index contributed by atoms with van der Waals surface area (Å²) in [5, 5.41) is 14.3. The van der Waals surface area contributed by atoms with Crippen LogP contribution in [0.25, 0.3) is 10.9 Å². The van der Waals surface area contributed by atoms with Crippen LogP contribution in [0.1, 0.15) is 43.8 Å². The van der Waals surface area contributed by atoms with Crippen molar-refractivity contribution in [2.75, 3.05) is 49.5 Å². The van der Waals surface area contributed by atoms with Gasteiger partial charge in [-0.05, 0) is 62.4 Å². The minimum Gasteiger partial charge on any atom is -0.495 e. The number of ether oxygens (including phenoxy) is 1. The third kappa shape index (κ3) is 4.49. The number of fused-ring (bicyclic) bond motifs is 1. The summed E-state index contributed by atoms with van der Waals surface area (Å²) in [5.74, 6) is 3.27. The number of nitrogens with one attached hydrogen (secondary N) is 1. The molecule has 0 spiro atoms. The molecule has 180 valence electrons. The number of rotatable bonds is 9. The van der Waals surface area contributed by atoms with Crippen molar-refractivity contribution in [3.8, 4) is 5.75 Å². The Morgan fingerprint density at radius 3 is 2.65 bits per heavy atom. The molecule has 0 amide bonds. The van der Waals surface area contributed by atoms with E-state index in [2.05, 4.69) is 52.5 Å². The van der Waals surface area contributed by atoms with Crippen molar-refractivity contribution in [1.29, 1.82) is 0 Å². The number of aliphatic hydroxyl groups is 1. The van der Waals surface area contributed by atoms with Crippen molar-refractivity contribution < 1.29 is 9.84 Å². The molecule has 1 aromatic heterocycles. The molecule has 2 unspecified atom stereocenters. The Morgan fingerprint density at radius 2 is 1.88 bits per heavy atom. The Bertz CT molecular complexity index is 1150. The highest BCUT2D eigenvalue weighted by atomic mass is 16.5. The van der Waals surface area contributed by atoms with Gasteiger partial charge in [-0.15, -0.1) is 0 Å². The second-order valence-electron chi connectivity index (χ2n) is 9.58. The van der Waals surface area contributed by atoms with Crippen LogP contribution in [0.3, 0.4) is 0 Å². The van der Waals surface area contributed by atoms with Crippen LogP contribution in [-0.2, 0) is 0 Å². The first-order valence-corrected chi connectivity index (χ1v) is 12.3. The predicted octanol–water partition coefficient (Wildman–Crippen LogP) is 4.41. The normalized spacial score (nSPS) is 19.9. The monoisotopic (exact) mass is 461 g/mol. The molecule has 5 rings (SSSR count). The van der Waals surface area contributed by atoms with Crippen molar-refractivity contribution in [3.63, 3.8) is 0 Å². The van der Waals surface area contributed by atoms with Crippen molar-refractivity contribution in [2.24, 2.45) is 0 Å². The number of aromatic nitrogens is 2. The maximum atomic E-state index is 9.38. The van der Waals surface area contributed by atoms with Gasteiger partial charge in [0.25, 0.3) is 0 Å². The Hall–Kier alpha value is -3.06. The van der Waals surface area contributed by atoms with E-state index in [0.717, 1.165) is 52.5 Å². The summed E-state index contributed by atoms with van der Waals surface area (Å²) in [6.07, 6.45) is 5.73. The van der Waals surface area contributed by atoms with Gasteiger partial charge in [0, 0.05) is 49.7 Å². The summed E-state index contributed by atoms with van der Waals surface area (Å²) in [6, 6.07) is 15.2. The van der Waals surface area contributed by atoms with Crippen LogP contribution in [0.15, 0.2) is 42.5 Å². The number of nitrogens with zero attached hydrogens (tertiary/aromatic N) is 4. The van der Waals surface area contributed by atoms with Crippen LogP contribution in [0.5, 0.6) is 5.75 Å². The first-order valence-electron chi connectivity index (χ1n) is 12.3. The third-order valence-corrected chi connectivity index (χ3v) is 7.28. The zero-order chi connectivity index (χ0) is 23.7. The zero-order valence-corrected chi connectivity index (χ0v) is 20.4. The van der Waals surface area contributed by atoms with E-state index in [9.17, 15) is 5.11 Å². The molecule has 34 heavy (non-hydrogen) atoms. The molecule has 0 saturated heterocycles. The molecule has 0 bridgehead atoms. The lowest BCUT2D eigenvalue weighted by molar-refractivity contribution is 0.304. The highest BCUT2D eigenvalue weighted by molar-refractivity contribution is 5.92. The van der Waals surface area contributed by atoms with E-state index >= 15 is 0 Å². The summed E-state index contributed by atoms with van der Waals surface area (Å²) >= 11 is 0. The number of hydrogen-bond donors (Lipinski definition) is 2. The fourth-order valence-electron chi connectivity index (χ4n) is 5.13. The number of anilines is 3. The summed E-state index contributed by atoms with van der Waals surface area (Å²) in [6.45, 7) is 0.708. The van der Waals surface area contributed by atoms with Gasteiger partial charge in [-0.1, -0.05) is 12.1 Å². The molecule has 2 aliphatic carbocycles. The van der Waals surface area contributed by atoms with E-state index in [-0.39, 0.29) is 12.6 Å². The Labute approximate surface area is 201 Å². The Morgan fingerprint density at radius 1 is 1.06 bits per heavy atom. The van der Waals surface area contributed by atoms with Gasteiger partial charge in [0.2, 0.25) is 0 Å². The summed E-state index contributed by atoms with van der Waals surface area (Å²) in [7, 11) is 5.90. The summed E-state index contributed by atoms with van der Waals surface area (Å²) in [5.41, 5.74) is 3.15. The molecule has 7 nitrogen and oxygen atoms in total. The van der Waals surface area contributed by atoms with E-state index in [1.807, 2.05) is 19.2 Å². The minimum absolute atomic E-state index is 0.121. The van der Waals surface area contributed by atoms with E-state index in [4.69, 9.17) is 14.7 Å². The van der Waals surface area contributed by atoms with E-state index in [1.165, 1.54) is 19.3 Å². The molecule has 2 aliphatic rings. The number of hydrogen-bond acceptors (Lipinski definition) is 7. The lowest BCUT2D eigenvalue weighted by Crippen LogP contribution is -2.42. The van der Waals surface area contributed by atoms with Crippen LogP contribution in [0, 0.1) is 0 Å². The van der Waals surface area contributed by atoms with Crippen molar-refractivity contribution in [1.82, 2.24) is 9.97 Å². The molecule has 2 aromatic carbocycles. The first-order chi connectivity index (χ1) is 16.6. The lowest BCUT2D eigenvalue weighted by atomic mass is 10.1. The molecule has 2 atom stereocenters. The highest BCUT2D eigenvalue weighted by Crippen LogP contribution is 2.40. The molecule has 1 heterocycles. The fourth-order valence-corrected chi connectivity index (χ4v) is 5.13. The number of likely N-dealkylation sites (N-methyl/N-ethyl adjacent to an activating group) is 2. The van der Waals surface area contributed by atoms with E-state index in [1.54, 1.807) is 7.11 Å². The number of para-hydroxylation sites is 2.